The zero-order chi connectivity index (χ0) is 17.8. The molecule has 25 heavy (non-hydrogen) atoms. The molecule has 3 rings (SSSR count). The highest BCUT2D eigenvalue weighted by Crippen LogP contribution is 2.23. The Morgan fingerprint density at radius 3 is 2.92 bits per heavy atom. The van der Waals surface area contributed by atoms with Crippen LogP contribution in [0, 0.1) is 6.92 Å². The van der Waals surface area contributed by atoms with E-state index in [9.17, 15) is 4.79 Å². The van der Waals surface area contributed by atoms with Crippen molar-refractivity contribution >= 4 is 17.2 Å². The quantitative estimate of drug-likeness (QED) is 0.730. The summed E-state index contributed by atoms with van der Waals surface area (Å²) >= 11 is 1.56. The Bertz CT molecular complexity index is 855. The number of thiazole rings is 1. The van der Waals surface area contributed by atoms with Crippen molar-refractivity contribution in [3.63, 3.8) is 0 Å². The lowest BCUT2D eigenvalue weighted by Gasteiger charge is -2.06. The third-order valence-electron chi connectivity index (χ3n) is 3.74. The van der Waals surface area contributed by atoms with Gasteiger partial charge in [-0.05, 0) is 19.1 Å². The van der Waals surface area contributed by atoms with Gasteiger partial charge in [0.2, 0.25) is 0 Å². The molecule has 3 aromatic rings. The monoisotopic (exact) mass is 356 g/mol. The molecule has 0 atom stereocenters. The van der Waals surface area contributed by atoms with Crippen LogP contribution in [0.1, 0.15) is 47.3 Å². The minimum atomic E-state index is -0.150. The SMILES string of the molecule is Cc1noc(C(C)C)c1C(=O)NCCc1csc(-c2ccccn2)n1. The highest BCUT2D eigenvalue weighted by atomic mass is 32.1. The van der Waals surface area contributed by atoms with E-state index in [0.29, 0.717) is 30.0 Å². The molecule has 0 radical (unpaired) electrons. The van der Waals surface area contributed by atoms with Crippen LogP contribution in [0.4, 0.5) is 0 Å². The van der Waals surface area contributed by atoms with Gasteiger partial charge in [0.05, 0.1) is 17.1 Å². The van der Waals surface area contributed by atoms with Crippen molar-refractivity contribution in [3.8, 4) is 10.7 Å². The summed E-state index contributed by atoms with van der Waals surface area (Å²) in [7, 11) is 0. The number of amides is 1. The molecule has 130 valence electrons. The van der Waals surface area contributed by atoms with Gasteiger partial charge in [-0.15, -0.1) is 11.3 Å². The van der Waals surface area contributed by atoms with Crippen molar-refractivity contribution in [2.45, 2.75) is 33.1 Å². The summed E-state index contributed by atoms with van der Waals surface area (Å²) < 4.78 is 5.27. The van der Waals surface area contributed by atoms with Gasteiger partial charge in [0.15, 0.2) is 5.76 Å². The second-order valence-corrected chi connectivity index (χ2v) is 6.88. The second-order valence-electron chi connectivity index (χ2n) is 6.03. The average Bonchev–Trinajstić information content (AvgIpc) is 3.22. The van der Waals surface area contributed by atoms with Crippen LogP contribution < -0.4 is 5.32 Å². The van der Waals surface area contributed by atoms with Crippen LogP contribution in [0.3, 0.4) is 0 Å². The number of aryl methyl sites for hydroxylation is 1. The normalized spacial score (nSPS) is 11.0. The molecule has 6 nitrogen and oxygen atoms in total. The first-order valence-corrected chi connectivity index (χ1v) is 9.04. The van der Waals surface area contributed by atoms with Gasteiger partial charge in [-0.25, -0.2) is 4.98 Å². The van der Waals surface area contributed by atoms with E-state index in [2.05, 4.69) is 20.4 Å². The lowest BCUT2D eigenvalue weighted by Crippen LogP contribution is -2.27. The highest BCUT2D eigenvalue weighted by molar-refractivity contribution is 7.13. The summed E-state index contributed by atoms with van der Waals surface area (Å²) in [5.41, 5.74) is 2.97. The van der Waals surface area contributed by atoms with Gasteiger partial charge >= 0.3 is 0 Å². The van der Waals surface area contributed by atoms with Gasteiger partial charge in [-0.1, -0.05) is 25.1 Å². The number of aromatic nitrogens is 3. The van der Waals surface area contributed by atoms with E-state index in [4.69, 9.17) is 4.52 Å². The van der Waals surface area contributed by atoms with Gasteiger partial charge in [0.1, 0.15) is 10.6 Å². The van der Waals surface area contributed by atoms with Crippen molar-refractivity contribution in [1.82, 2.24) is 20.4 Å². The van der Waals surface area contributed by atoms with Crippen LogP contribution in [0.5, 0.6) is 0 Å². The van der Waals surface area contributed by atoms with E-state index in [1.54, 1.807) is 24.5 Å². The van der Waals surface area contributed by atoms with E-state index in [1.165, 1.54) is 0 Å². The van der Waals surface area contributed by atoms with Crippen LogP contribution in [-0.4, -0.2) is 27.6 Å². The maximum Gasteiger partial charge on any atom is 0.256 e. The van der Waals surface area contributed by atoms with E-state index < -0.39 is 0 Å². The Balaban J connectivity index is 1.60. The van der Waals surface area contributed by atoms with Crippen LogP contribution in [0.15, 0.2) is 34.3 Å². The molecule has 0 spiro atoms. The first-order valence-electron chi connectivity index (χ1n) is 8.16. The molecule has 0 fully saturated rings. The van der Waals surface area contributed by atoms with E-state index in [1.807, 2.05) is 37.4 Å². The molecule has 0 saturated heterocycles. The highest BCUT2D eigenvalue weighted by Gasteiger charge is 2.22. The number of nitrogens with one attached hydrogen (secondary N) is 1. The zero-order valence-corrected chi connectivity index (χ0v) is 15.3. The van der Waals surface area contributed by atoms with Gasteiger partial charge < -0.3 is 9.84 Å². The first-order chi connectivity index (χ1) is 12.1. The van der Waals surface area contributed by atoms with Gasteiger partial charge in [-0.2, -0.15) is 0 Å². The molecule has 0 aromatic carbocycles. The van der Waals surface area contributed by atoms with Crippen LogP contribution >= 0.6 is 11.3 Å². The van der Waals surface area contributed by atoms with Gasteiger partial charge in [-0.3, -0.25) is 9.78 Å². The lowest BCUT2D eigenvalue weighted by atomic mass is 10.0. The summed E-state index contributed by atoms with van der Waals surface area (Å²) in [5.74, 6) is 0.588. The van der Waals surface area contributed by atoms with Crippen LogP contribution in [0.2, 0.25) is 0 Å². The first kappa shape index (κ1) is 17.3. The Kier molecular flexibility index (Phi) is 5.23. The van der Waals surface area contributed by atoms with Crippen LogP contribution in [-0.2, 0) is 6.42 Å². The number of hydrogen-bond acceptors (Lipinski definition) is 6. The standard InChI is InChI=1S/C18H20N4O2S/c1-11(2)16-15(12(3)22-24-16)17(23)20-9-7-13-10-25-18(21-13)14-6-4-5-8-19-14/h4-6,8,10-11H,7,9H2,1-3H3,(H,20,23). The fraction of sp³-hybridized carbons (Fsp3) is 0.333. The lowest BCUT2D eigenvalue weighted by molar-refractivity contribution is 0.0951. The molecule has 7 heteroatoms. The largest absolute Gasteiger partial charge is 0.360 e. The van der Waals surface area contributed by atoms with E-state index in [0.717, 1.165) is 16.4 Å². The number of nitrogens with zero attached hydrogens (tertiary/aromatic N) is 3. The molecule has 3 aromatic heterocycles. The summed E-state index contributed by atoms with van der Waals surface area (Å²) in [6, 6.07) is 5.76. The molecule has 0 saturated carbocycles. The fourth-order valence-corrected chi connectivity index (χ4v) is 3.31. The van der Waals surface area contributed by atoms with Crippen molar-refractivity contribution in [2.75, 3.05) is 6.54 Å². The molecular formula is C18H20N4O2S. The minimum absolute atomic E-state index is 0.112. The summed E-state index contributed by atoms with van der Waals surface area (Å²) in [6.45, 7) is 6.24. The summed E-state index contributed by atoms with van der Waals surface area (Å²) in [5, 5.41) is 9.73. The minimum Gasteiger partial charge on any atom is -0.360 e. The molecule has 0 aliphatic carbocycles. The fourth-order valence-electron chi connectivity index (χ4n) is 2.48. The molecule has 1 N–H and O–H groups in total. The van der Waals surface area contributed by atoms with Crippen molar-refractivity contribution < 1.29 is 9.32 Å². The van der Waals surface area contributed by atoms with Crippen molar-refractivity contribution in [1.29, 1.82) is 0 Å². The topological polar surface area (TPSA) is 80.9 Å². The molecule has 0 aliphatic heterocycles. The number of carbonyl (C=O) groups is 1. The maximum atomic E-state index is 12.4. The average molecular weight is 356 g/mol. The molecule has 0 unspecified atom stereocenters. The molecule has 0 aliphatic rings. The molecular weight excluding hydrogens is 336 g/mol. The van der Waals surface area contributed by atoms with Gasteiger partial charge in [0.25, 0.3) is 5.91 Å². The number of pyridine rings is 1. The number of hydrogen-bond donors (Lipinski definition) is 1. The number of rotatable bonds is 6. The third kappa shape index (κ3) is 3.93. The molecule has 1 amide bonds. The Labute approximate surface area is 150 Å². The molecule has 0 bridgehead atoms. The zero-order valence-electron chi connectivity index (χ0n) is 14.4. The van der Waals surface area contributed by atoms with Gasteiger partial charge in [0, 0.05) is 30.5 Å². The molecule has 3 heterocycles. The number of carbonyl (C=O) groups excluding carboxylic acids is 1. The Morgan fingerprint density at radius 1 is 1.36 bits per heavy atom. The van der Waals surface area contributed by atoms with Crippen molar-refractivity contribution in [3.05, 3.63) is 52.5 Å². The van der Waals surface area contributed by atoms with E-state index in [-0.39, 0.29) is 11.8 Å². The smallest absolute Gasteiger partial charge is 0.256 e. The second kappa shape index (κ2) is 7.57. The summed E-state index contributed by atoms with van der Waals surface area (Å²) in [6.07, 6.45) is 2.42. The summed E-state index contributed by atoms with van der Waals surface area (Å²) in [4.78, 5) is 21.3. The van der Waals surface area contributed by atoms with Crippen molar-refractivity contribution in [2.24, 2.45) is 0 Å². The predicted octanol–water partition coefficient (Wildman–Crippen LogP) is 3.60. The predicted molar refractivity (Wildman–Crippen MR) is 96.7 cm³/mol. The van der Waals surface area contributed by atoms with E-state index >= 15 is 0 Å². The third-order valence-corrected chi connectivity index (χ3v) is 4.66. The van der Waals surface area contributed by atoms with Crippen LogP contribution in [0.25, 0.3) is 10.7 Å². The maximum absolute atomic E-state index is 12.4. The Hall–Kier alpha value is -2.54. The Morgan fingerprint density at radius 2 is 2.20 bits per heavy atom.